The van der Waals surface area contributed by atoms with Crippen LogP contribution in [-0.4, -0.2) is 29.0 Å². The van der Waals surface area contributed by atoms with Crippen LogP contribution in [0.5, 0.6) is 0 Å². The highest BCUT2D eigenvalue weighted by Crippen LogP contribution is 2.12. The van der Waals surface area contributed by atoms with Crippen molar-refractivity contribution in [2.75, 3.05) is 24.1 Å². The normalized spacial score (nSPS) is 10.4. The third-order valence-corrected chi connectivity index (χ3v) is 2.75. The van der Waals surface area contributed by atoms with Crippen molar-refractivity contribution < 1.29 is 4.79 Å². The summed E-state index contributed by atoms with van der Waals surface area (Å²) >= 11 is 0. The van der Waals surface area contributed by atoms with E-state index in [9.17, 15) is 9.59 Å². The Balaban J connectivity index is 2.10. The number of anilines is 2. The number of nitrogen functional groups attached to an aromatic ring is 1. The van der Waals surface area contributed by atoms with Gasteiger partial charge in [0.2, 0.25) is 11.9 Å². The van der Waals surface area contributed by atoms with Crippen LogP contribution in [0.1, 0.15) is 13.3 Å². The summed E-state index contributed by atoms with van der Waals surface area (Å²) in [5, 5.41) is 6.06. The van der Waals surface area contributed by atoms with Gasteiger partial charge in [0.25, 0.3) is 5.56 Å². The van der Waals surface area contributed by atoms with Gasteiger partial charge in [-0.3, -0.25) is 14.6 Å². The topological polar surface area (TPSA) is 113 Å². The van der Waals surface area contributed by atoms with Crippen LogP contribution in [-0.2, 0) is 4.79 Å². The predicted molar refractivity (Wildman–Crippen MR) is 78.6 cm³/mol. The Morgan fingerprint density at radius 1 is 1.45 bits per heavy atom. The summed E-state index contributed by atoms with van der Waals surface area (Å²) < 4.78 is 0. The highest BCUT2D eigenvalue weighted by atomic mass is 16.1. The van der Waals surface area contributed by atoms with E-state index in [4.69, 9.17) is 5.73 Å². The standard InChI is InChI=1S/C13H17N5O2/c1-2-15-11(19)5-6-16-13-17-10-4-3-8(14)7-9(10)12(20)18-13/h3-4,7H,2,5-6,14H2,1H3,(H,15,19)(H2,16,17,18,20). The number of carbonyl (C=O) groups excluding carboxylic acids is 1. The summed E-state index contributed by atoms with van der Waals surface area (Å²) in [7, 11) is 0. The lowest BCUT2D eigenvalue weighted by atomic mass is 10.2. The van der Waals surface area contributed by atoms with Gasteiger partial charge in [-0.15, -0.1) is 0 Å². The molecule has 0 aliphatic rings. The molecule has 0 atom stereocenters. The number of H-pyrrole nitrogens is 1. The van der Waals surface area contributed by atoms with Crippen molar-refractivity contribution in [1.82, 2.24) is 15.3 Å². The van der Waals surface area contributed by atoms with Crippen LogP contribution in [0, 0.1) is 0 Å². The lowest BCUT2D eigenvalue weighted by Gasteiger charge is -2.06. The van der Waals surface area contributed by atoms with Crippen molar-refractivity contribution in [3.05, 3.63) is 28.6 Å². The first-order valence-corrected chi connectivity index (χ1v) is 6.40. The molecule has 0 unspecified atom stereocenters. The minimum atomic E-state index is -0.261. The largest absolute Gasteiger partial charge is 0.399 e. The van der Waals surface area contributed by atoms with Crippen LogP contribution >= 0.6 is 0 Å². The molecule has 0 spiro atoms. The number of rotatable bonds is 5. The fourth-order valence-electron chi connectivity index (χ4n) is 1.82. The van der Waals surface area contributed by atoms with Gasteiger partial charge in [-0.05, 0) is 25.1 Å². The zero-order chi connectivity index (χ0) is 14.5. The Morgan fingerprint density at radius 2 is 2.25 bits per heavy atom. The lowest BCUT2D eigenvalue weighted by Crippen LogP contribution is -2.25. The lowest BCUT2D eigenvalue weighted by molar-refractivity contribution is -0.120. The van der Waals surface area contributed by atoms with E-state index in [1.54, 1.807) is 18.2 Å². The molecule has 1 aromatic carbocycles. The number of nitrogens with two attached hydrogens (primary N) is 1. The van der Waals surface area contributed by atoms with Crippen molar-refractivity contribution in [2.45, 2.75) is 13.3 Å². The Hall–Kier alpha value is -2.57. The van der Waals surface area contributed by atoms with Gasteiger partial charge in [-0.2, -0.15) is 0 Å². The summed E-state index contributed by atoms with van der Waals surface area (Å²) in [6.45, 7) is 2.86. The van der Waals surface area contributed by atoms with Gasteiger partial charge in [0.15, 0.2) is 0 Å². The Kier molecular flexibility index (Phi) is 4.19. The highest BCUT2D eigenvalue weighted by Gasteiger charge is 2.05. The van der Waals surface area contributed by atoms with Gasteiger partial charge in [0.05, 0.1) is 10.9 Å². The molecular formula is C13H17N5O2. The molecule has 1 aromatic heterocycles. The number of fused-ring (bicyclic) bond motifs is 1. The number of nitrogens with zero attached hydrogens (tertiary/aromatic N) is 1. The molecule has 0 radical (unpaired) electrons. The van der Waals surface area contributed by atoms with Crippen molar-refractivity contribution >= 4 is 28.4 Å². The number of carbonyl (C=O) groups is 1. The molecule has 2 rings (SSSR count). The van der Waals surface area contributed by atoms with Crippen LogP contribution < -0.4 is 21.9 Å². The fourth-order valence-corrected chi connectivity index (χ4v) is 1.82. The molecule has 2 aromatic rings. The quantitative estimate of drug-likeness (QED) is 0.591. The Morgan fingerprint density at radius 3 is 3.00 bits per heavy atom. The minimum Gasteiger partial charge on any atom is -0.399 e. The number of nitrogens with one attached hydrogen (secondary N) is 3. The third kappa shape index (κ3) is 3.25. The van der Waals surface area contributed by atoms with Gasteiger partial charge in [-0.1, -0.05) is 0 Å². The van der Waals surface area contributed by atoms with Crippen LogP contribution in [0.25, 0.3) is 10.9 Å². The van der Waals surface area contributed by atoms with Gasteiger partial charge in [-0.25, -0.2) is 4.98 Å². The molecular weight excluding hydrogens is 258 g/mol. The molecule has 5 N–H and O–H groups in total. The number of hydrogen-bond donors (Lipinski definition) is 4. The van der Waals surface area contributed by atoms with E-state index in [-0.39, 0.29) is 11.5 Å². The van der Waals surface area contributed by atoms with Gasteiger partial charge in [0.1, 0.15) is 0 Å². The van der Waals surface area contributed by atoms with Crippen molar-refractivity contribution in [3.63, 3.8) is 0 Å². The van der Waals surface area contributed by atoms with E-state index in [1.165, 1.54) is 0 Å². The van der Waals surface area contributed by atoms with Gasteiger partial charge >= 0.3 is 0 Å². The predicted octanol–water partition coefficient (Wildman–Crippen LogP) is 0.443. The summed E-state index contributed by atoms with van der Waals surface area (Å²) in [6.07, 6.45) is 0.317. The van der Waals surface area contributed by atoms with Crippen molar-refractivity contribution in [1.29, 1.82) is 0 Å². The number of aromatic amines is 1. The zero-order valence-corrected chi connectivity index (χ0v) is 11.2. The maximum Gasteiger partial charge on any atom is 0.260 e. The average Bonchev–Trinajstić information content (AvgIpc) is 2.40. The van der Waals surface area contributed by atoms with E-state index in [2.05, 4.69) is 20.6 Å². The highest BCUT2D eigenvalue weighted by molar-refractivity contribution is 5.81. The molecule has 0 aliphatic carbocycles. The summed E-state index contributed by atoms with van der Waals surface area (Å²) in [6, 6.07) is 4.96. The number of aromatic nitrogens is 2. The molecule has 106 valence electrons. The number of benzene rings is 1. The maximum atomic E-state index is 11.9. The monoisotopic (exact) mass is 275 g/mol. The molecule has 0 bridgehead atoms. The average molecular weight is 275 g/mol. The van der Waals surface area contributed by atoms with E-state index >= 15 is 0 Å². The Labute approximate surface area is 115 Å². The molecule has 7 heteroatoms. The number of hydrogen-bond acceptors (Lipinski definition) is 5. The second-order valence-corrected chi connectivity index (χ2v) is 4.32. The second-order valence-electron chi connectivity index (χ2n) is 4.32. The number of amides is 1. The molecule has 0 aliphatic heterocycles. The fraction of sp³-hybridized carbons (Fsp3) is 0.308. The van der Waals surface area contributed by atoms with Crippen LogP contribution in [0.2, 0.25) is 0 Å². The van der Waals surface area contributed by atoms with Crippen molar-refractivity contribution in [2.24, 2.45) is 0 Å². The molecule has 0 saturated heterocycles. The van der Waals surface area contributed by atoms with E-state index < -0.39 is 0 Å². The first kappa shape index (κ1) is 13.9. The molecule has 20 heavy (non-hydrogen) atoms. The molecule has 1 heterocycles. The molecule has 1 amide bonds. The van der Waals surface area contributed by atoms with Crippen molar-refractivity contribution in [3.8, 4) is 0 Å². The minimum absolute atomic E-state index is 0.0455. The molecule has 0 saturated carbocycles. The molecule has 7 nitrogen and oxygen atoms in total. The summed E-state index contributed by atoms with van der Waals surface area (Å²) in [4.78, 5) is 30.1. The van der Waals surface area contributed by atoms with Gasteiger partial charge in [0, 0.05) is 25.2 Å². The SMILES string of the molecule is CCNC(=O)CCNc1nc2ccc(N)cc2c(=O)[nH]1. The van der Waals surface area contributed by atoms with Crippen LogP contribution in [0.3, 0.4) is 0 Å². The summed E-state index contributed by atoms with van der Waals surface area (Å²) in [5.41, 5.74) is 6.45. The van der Waals surface area contributed by atoms with Crippen LogP contribution in [0.15, 0.2) is 23.0 Å². The smallest absolute Gasteiger partial charge is 0.260 e. The first-order valence-electron chi connectivity index (χ1n) is 6.40. The molecule has 0 fully saturated rings. The zero-order valence-electron chi connectivity index (χ0n) is 11.2. The van der Waals surface area contributed by atoms with E-state index in [1.807, 2.05) is 6.92 Å². The van der Waals surface area contributed by atoms with E-state index in [0.717, 1.165) is 0 Å². The van der Waals surface area contributed by atoms with Crippen LogP contribution in [0.4, 0.5) is 11.6 Å². The second kappa shape index (κ2) is 6.05. The Bertz CT molecular complexity index is 680. The summed E-state index contributed by atoms with van der Waals surface area (Å²) in [5.74, 6) is 0.299. The first-order chi connectivity index (χ1) is 9.60. The maximum absolute atomic E-state index is 11.9. The third-order valence-electron chi connectivity index (χ3n) is 2.75. The van der Waals surface area contributed by atoms with Gasteiger partial charge < -0.3 is 16.4 Å². The van der Waals surface area contributed by atoms with E-state index in [0.29, 0.717) is 42.0 Å².